The average molecular weight is 433 g/mol. The van der Waals surface area contributed by atoms with Crippen molar-refractivity contribution in [3.8, 4) is 5.75 Å². The van der Waals surface area contributed by atoms with Gasteiger partial charge in [-0.2, -0.15) is 0 Å². The minimum Gasteiger partial charge on any atom is -0.497 e. The maximum atomic E-state index is 14.2. The van der Waals surface area contributed by atoms with Crippen LogP contribution in [0.5, 0.6) is 5.75 Å². The van der Waals surface area contributed by atoms with Gasteiger partial charge in [-0.3, -0.25) is 9.59 Å². The summed E-state index contributed by atoms with van der Waals surface area (Å²) in [6.07, 6.45) is 0.803. The molecule has 1 atom stereocenters. The molecule has 0 saturated heterocycles. The zero-order valence-corrected chi connectivity index (χ0v) is 18.5. The van der Waals surface area contributed by atoms with Crippen LogP contribution in [0.25, 0.3) is 0 Å². The van der Waals surface area contributed by atoms with Crippen molar-refractivity contribution in [1.29, 1.82) is 0 Å². The van der Waals surface area contributed by atoms with E-state index in [4.69, 9.17) is 4.74 Å². The number of nitrogens with one attached hydrogen (secondary N) is 1. The molecular formula is C23H29FN2O3S. The molecule has 0 bridgehead atoms. The summed E-state index contributed by atoms with van der Waals surface area (Å²) in [6.45, 7) is 4.23. The third kappa shape index (κ3) is 7.06. The van der Waals surface area contributed by atoms with E-state index >= 15 is 0 Å². The van der Waals surface area contributed by atoms with Gasteiger partial charge in [-0.25, -0.2) is 4.39 Å². The maximum absolute atomic E-state index is 14.2. The molecule has 2 aromatic carbocycles. The fourth-order valence-corrected chi connectivity index (χ4v) is 3.72. The molecule has 1 N–H and O–H groups in total. The van der Waals surface area contributed by atoms with E-state index in [-0.39, 0.29) is 29.9 Å². The van der Waals surface area contributed by atoms with Gasteiger partial charge in [0.15, 0.2) is 0 Å². The van der Waals surface area contributed by atoms with E-state index in [1.165, 1.54) is 22.7 Å². The van der Waals surface area contributed by atoms with E-state index in [1.54, 1.807) is 32.2 Å². The quantitative estimate of drug-likeness (QED) is 0.583. The van der Waals surface area contributed by atoms with Crippen molar-refractivity contribution in [1.82, 2.24) is 10.2 Å². The highest BCUT2D eigenvalue weighted by atomic mass is 32.2. The normalized spacial score (nSPS) is 11.6. The lowest BCUT2D eigenvalue weighted by Gasteiger charge is -2.29. The molecule has 0 aliphatic rings. The van der Waals surface area contributed by atoms with E-state index in [9.17, 15) is 14.0 Å². The number of carbonyl (C=O) groups is 2. The summed E-state index contributed by atoms with van der Waals surface area (Å²) in [7, 11) is 1.62. The first kappa shape index (κ1) is 23.7. The second-order valence-corrected chi connectivity index (χ2v) is 7.91. The van der Waals surface area contributed by atoms with E-state index < -0.39 is 6.04 Å². The molecule has 0 radical (unpaired) electrons. The first-order valence-corrected chi connectivity index (χ1v) is 11.1. The van der Waals surface area contributed by atoms with Crippen LogP contribution in [0.1, 0.15) is 31.4 Å². The summed E-state index contributed by atoms with van der Waals surface area (Å²) in [5.74, 6) is 0.814. The monoisotopic (exact) mass is 432 g/mol. The van der Waals surface area contributed by atoms with Gasteiger partial charge < -0.3 is 15.0 Å². The Morgan fingerprint density at radius 3 is 2.50 bits per heavy atom. The van der Waals surface area contributed by atoms with Crippen molar-refractivity contribution in [3.63, 3.8) is 0 Å². The lowest BCUT2D eigenvalue weighted by molar-refractivity contribution is -0.138. The molecule has 0 aliphatic heterocycles. The molecule has 0 aliphatic carbocycles. The van der Waals surface area contributed by atoms with Crippen molar-refractivity contribution in [2.45, 2.75) is 38.6 Å². The highest BCUT2D eigenvalue weighted by Crippen LogP contribution is 2.19. The Balaban J connectivity index is 2.04. The van der Waals surface area contributed by atoms with Gasteiger partial charge in [-0.1, -0.05) is 37.3 Å². The fraction of sp³-hybridized carbons (Fsp3) is 0.391. The lowest BCUT2D eigenvalue weighted by Crippen LogP contribution is -2.48. The molecule has 0 spiro atoms. The van der Waals surface area contributed by atoms with Crippen LogP contribution < -0.4 is 10.1 Å². The third-order valence-corrected chi connectivity index (χ3v) is 5.66. The van der Waals surface area contributed by atoms with Gasteiger partial charge in [0.25, 0.3) is 0 Å². The van der Waals surface area contributed by atoms with Crippen LogP contribution in [-0.2, 0) is 21.9 Å². The largest absolute Gasteiger partial charge is 0.497 e. The predicted octanol–water partition coefficient (Wildman–Crippen LogP) is 4.01. The molecule has 2 amide bonds. The van der Waals surface area contributed by atoms with Crippen LogP contribution >= 0.6 is 11.8 Å². The van der Waals surface area contributed by atoms with Crippen molar-refractivity contribution in [2.75, 3.05) is 19.4 Å². The Bertz CT molecular complexity index is 829. The minimum absolute atomic E-state index is 0.0509. The lowest BCUT2D eigenvalue weighted by atomic mass is 10.1. The van der Waals surface area contributed by atoms with E-state index in [0.29, 0.717) is 17.9 Å². The van der Waals surface area contributed by atoms with Crippen LogP contribution in [0.15, 0.2) is 48.5 Å². The van der Waals surface area contributed by atoms with Gasteiger partial charge in [0.1, 0.15) is 17.6 Å². The highest BCUT2D eigenvalue weighted by Gasteiger charge is 2.26. The molecule has 2 rings (SSSR count). The van der Waals surface area contributed by atoms with Crippen LogP contribution in [0, 0.1) is 5.82 Å². The van der Waals surface area contributed by atoms with E-state index in [2.05, 4.69) is 5.32 Å². The molecule has 0 saturated carbocycles. The topological polar surface area (TPSA) is 58.6 Å². The molecule has 30 heavy (non-hydrogen) atoms. The Morgan fingerprint density at radius 1 is 1.17 bits per heavy atom. The van der Waals surface area contributed by atoms with Crippen LogP contribution in [0.4, 0.5) is 4.39 Å². The third-order valence-electron chi connectivity index (χ3n) is 4.67. The molecule has 0 unspecified atom stereocenters. The molecule has 0 fully saturated rings. The number of methoxy groups -OCH3 is 1. The number of nitrogens with zero attached hydrogens (tertiary/aromatic N) is 1. The Morgan fingerprint density at radius 2 is 1.87 bits per heavy atom. The highest BCUT2D eigenvalue weighted by molar-refractivity contribution is 7.99. The Hall–Kier alpha value is -2.54. The summed E-state index contributed by atoms with van der Waals surface area (Å²) < 4.78 is 19.3. The molecule has 0 aromatic heterocycles. The molecule has 2 aromatic rings. The number of ether oxygens (including phenoxy) is 1. The Labute approximate surface area is 182 Å². The van der Waals surface area contributed by atoms with Crippen molar-refractivity contribution >= 4 is 23.6 Å². The number of rotatable bonds is 11. The number of hydrogen-bond donors (Lipinski definition) is 1. The predicted molar refractivity (Wildman–Crippen MR) is 119 cm³/mol. The molecule has 162 valence electrons. The first-order valence-electron chi connectivity index (χ1n) is 9.97. The Kier molecular flexibility index (Phi) is 9.67. The summed E-state index contributed by atoms with van der Waals surface area (Å²) in [6, 6.07) is 13.3. The van der Waals surface area contributed by atoms with Crippen molar-refractivity contribution in [2.24, 2.45) is 0 Å². The first-order chi connectivity index (χ1) is 14.5. The maximum Gasteiger partial charge on any atom is 0.242 e. The number of halogens is 1. The van der Waals surface area contributed by atoms with E-state index in [1.807, 2.05) is 31.2 Å². The molecule has 7 heteroatoms. The van der Waals surface area contributed by atoms with E-state index in [0.717, 1.165) is 17.7 Å². The molecule has 5 nitrogen and oxygen atoms in total. The number of carbonyl (C=O) groups excluding carboxylic acids is 2. The summed E-state index contributed by atoms with van der Waals surface area (Å²) in [4.78, 5) is 26.9. The van der Waals surface area contributed by atoms with Crippen LogP contribution in [0.3, 0.4) is 0 Å². The number of benzene rings is 2. The van der Waals surface area contributed by atoms with Gasteiger partial charge in [-0.05, 0) is 37.1 Å². The summed E-state index contributed by atoms with van der Waals surface area (Å²) >= 11 is 1.46. The second kappa shape index (κ2) is 12.2. The average Bonchev–Trinajstić information content (AvgIpc) is 2.76. The SMILES string of the molecule is CCCNC(=O)[C@@H](C)N(Cc1ccccc1F)C(=O)CSCc1ccc(OC)cc1. The second-order valence-electron chi connectivity index (χ2n) is 6.92. The van der Waals surface area contributed by atoms with Crippen LogP contribution in [0.2, 0.25) is 0 Å². The molecular weight excluding hydrogens is 403 g/mol. The number of amides is 2. The smallest absolute Gasteiger partial charge is 0.242 e. The summed E-state index contributed by atoms with van der Waals surface area (Å²) in [5, 5.41) is 2.82. The summed E-state index contributed by atoms with van der Waals surface area (Å²) in [5.41, 5.74) is 1.46. The fourth-order valence-electron chi connectivity index (χ4n) is 2.85. The standard InChI is InChI=1S/C23H29FN2O3S/c1-4-13-25-23(28)17(2)26(14-19-7-5-6-8-21(19)24)22(27)16-30-15-18-9-11-20(29-3)12-10-18/h5-12,17H,4,13-16H2,1-3H3,(H,25,28)/t17-/m1/s1. The van der Waals surface area contributed by atoms with Crippen molar-refractivity contribution in [3.05, 3.63) is 65.5 Å². The van der Waals surface area contributed by atoms with Crippen molar-refractivity contribution < 1.29 is 18.7 Å². The molecule has 0 heterocycles. The van der Waals surface area contributed by atoms with Gasteiger partial charge in [0.05, 0.1) is 12.9 Å². The zero-order chi connectivity index (χ0) is 21.9. The van der Waals surface area contributed by atoms with Crippen LogP contribution in [-0.4, -0.2) is 42.2 Å². The number of hydrogen-bond acceptors (Lipinski definition) is 4. The van der Waals surface area contributed by atoms with Gasteiger partial charge in [0.2, 0.25) is 11.8 Å². The minimum atomic E-state index is -0.690. The zero-order valence-electron chi connectivity index (χ0n) is 17.7. The van der Waals surface area contributed by atoms with Gasteiger partial charge in [-0.15, -0.1) is 11.8 Å². The van der Waals surface area contributed by atoms with Gasteiger partial charge in [0, 0.05) is 24.4 Å². The number of thioether (sulfide) groups is 1. The van der Waals surface area contributed by atoms with Gasteiger partial charge >= 0.3 is 0 Å².